The van der Waals surface area contributed by atoms with Gasteiger partial charge >= 0.3 is 0 Å². The standard InChI is InChI=1S/C9H19NO2/c1-8(7-11-2)12-6-5-10-9-3-4-9/h8-10H,3-7H2,1-2H3. The zero-order chi connectivity index (χ0) is 8.81. The van der Waals surface area contributed by atoms with Crippen LogP contribution in [0.25, 0.3) is 0 Å². The molecule has 1 atom stereocenters. The summed E-state index contributed by atoms with van der Waals surface area (Å²) in [5.74, 6) is 0. The van der Waals surface area contributed by atoms with E-state index in [4.69, 9.17) is 9.47 Å². The molecule has 1 unspecified atom stereocenters. The Morgan fingerprint density at radius 2 is 2.25 bits per heavy atom. The molecule has 0 aromatic heterocycles. The van der Waals surface area contributed by atoms with E-state index in [1.807, 2.05) is 6.92 Å². The average Bonchev–Trinajstić information content (AvgIpc) is 2.82. The second-order valence-corrected chi connectivity index (χ2v) is 3.37. The van der Waals surface area contributed by atoms with E-state index in [2.05, 4.69) is 5.32 Å². The minimum Gasteiger partial charge on any atom is -0.382 e. The van der Waals surface area contributed by atoms with Crippen LogP contribution in [0.5, 0.6) is 0 Å². The molecule has 1 rings (SSSR count). The van der Waals surface area contributed by atoms with Gasteiger partial charge in [0, 0.05) is 19.7 Å². The molecular weight excluding hydrogens is 154 g/mol. The Morgan fingerprint density at radius 3 is 2.83 bits per heavy atom. The van der Waals surface area contributed by atoms with Crippen LogP contribution >= 0.6 is 0 Å². The fourth-order valence-electron chi connectivity index (χ4n) is 1.09. The first-order valence-corrected chi connectivity index (χ1v) is 4.67. The number of ether oxygens (including phenoxy) is 2. The fourth-order valence-corrected chi connectivity index (χ4v) is 1.09. The third-order valence-corrected chi connectivity index (χ3v) is 1.92. The Labute approximate surface area is 74.4 Å². The highest BCUT2D eigenvalue weighted by Crippen LogP contribution is 2.17. The molecule has 1 aliphatic carbocycles. The molecule has 0 saturated heterocycles. The zero-order valence-corrected chi connectivity index (χ0v) is 8.01. The lowest BCUT2D eigenvalue weighted by molar-refractivity contribution is 0.0106. The minimum absolute atomic E-state index is 0.219. The number of hydrogen-bond donors (Lipinski definition) is 1. The first kappa shape index (κ1) is 9.96. The number of methoxy groups -OCH3 is 1. The zero-order valence-electron chi connectivity index (χ0n) is 8.01. The number of rotatable bonds is 7. The molecule has 0 amide bonds. The molecule has 1 saturated carbocycles. The summed E-state index contributed by atoms with van der Waals surface area (Å²) in [5, 5.41) is 3.39. The summed E-state index contributed by atoms with van der Waals surface area (Å²) in [6.07, 6.45) is 2.90. The molecule has 0 radical (unpaired) electrons. The molecule has 1 fully saturated rings. The van der Waals surface area contributed by atoms with Crippen molar-refractivity contribution in [2.75, 3.05) is 26.9 Å². The second kappa shape index (κ2) is 5.51. The van der Waals surface area contributed by atoms with Gasteiger partial charge in [-0.15, -0.1) is 0 Å². The van der Waals surface area contributed by atoms with E-state index in [0.717, 1.165) is 19.2 Å². The molecule has 0 heterocycles. The van der Waals surface area contributed by atoms with Crippen LogP contribution in [0.3, 0.4) is 0 Å². The van der Waals surface area contributed by atoms with Gasteiger partial charge in [0.25, 0.3) is 0 Å². The molecule has 0 aromatic rings. The maximum Gasteiger partial charge on any atom is 0.0780 e. The van der Waals surface area contributed by atoms with Crippen LogP contribution in [0.15, 0.2) is 0 Å². The molecule has 0 spiro atoms. The molecule has 0 bridgehead atoms. The van der Waals surface area contributed by atoms with E-state index < -0.39 is 0 Å². The lowest BCUT2D eigenvalue weighted by atomic mass is 10.4. The highest BCUT2D eigenvalue weighted by Gasteiger charge is 2.19. The van der Waals surface area contributed by atoms with E-state index >= 15 is 0 Å². The van der Waals surface area contributed by atoms with Gasteiger partial charge in [-0.2, -0.15) is 0 Å². The Hall–Kier alpha value is -0.120. The first-order chi connectivity index (χ1) is 5.83. The van der Waals surface area contributed by atoms with E-state index in [9.17, 15) is 0 Å². The van der Waals surface area contributed by atoms with Crippen molar-refractivity contribution in [2.24, 2.45) is 0 Å². The summed E-state index contributed by atoms with van der Waals surface area (Å²) in [4.78, 5) is 0. The summed E-state index contributed by atoms with van der Waals surface area (Å²) in [5.41, 5.74) is 0. The van der Waals surface area contributed by atoms with E-state index in [0.29, 0.717) is 6.61 Å². The largest absolute Gasteiger partial charge is 0.382 e. The Morgan fingerprint density at radius 1 is 1.50 bits per heavy atom. The fraction of sp³-hybridized carbons (Fsp3) is 1.00. The predicted octanol–water partition coefficient (Wildman–Crippen LogP) is 0.790. The van der Waals surface area contributed by atoms with E-state index in [1.54, 1.807) is 7.11 Å². The Bertz CT molecular complexity index is 115. The summed E-state index contributed by atoms with van der Waals surface area (Å²) < 4.78 is 10.4. The van der Waals surface area contributed by atoms with Crippen molar-refractivity contribution in [3.8, 4) is 0 Å². The van der Waals surface area contributed by atoms with Gasteiger partial charge in [0.1, 0.15) is 0 Å². The van der Waals surface area contributed by atoms with Gasteiger partial charge in [0.2, 0.25) is 0 Å². The topological polar surface area (TPSA) is 30.5 Å². The second-order valence-electron chi connectivity index (χ2n) is 3.37. The molecule has 3 nitrogen and oxygen atoms in total. The highest BCUT2D eigenvalue weighted by atomic mass is 16.5. The normalized spacial score (nSPS) is 19.5. The van der Waals surface area contributed by atoms with Crippen molar-refractivity contribution < 1.29 is 9.47 Å². The molecule has 12 heavy (non-hydrogen) atoms. The Balaban J connectivity index is 1.80. The van der Waals surface area contributed by atoms with Gasteiger partial charge in [0.15, 0.2) is 0 Å². The maximum atomic E-state index is 5.47. The summed E-state index contributed by atoms with van der Waals surface area (Å²) in [6.45, 7) is 4.48. The van der Waals surface area contributed by atoms with Crippen LogP contribution in [0, 0.1) is 0 Å². The van der Waals surface area contributed by atoms with Crippen molar-refractivity contribution in [1.82, 2.24) is 5.32 Å². The number of nitrogens with one attached hydrogen (secondary N) is 1. The number of hydrogen-bond acceptors (Lipinski definition) is 3. The van der Waals surface area contributed by atoms with Crippen LogP contribution in [-0.2, 0) is 9.47 Å². The van der Waals surface area contributed by atoms with Crippen LogP contribution in [0.1, 0.15) is 19.8 Å². The van der Waals surface area contributed by atoms with Crippen LogP contribution in [-0.4, -0.2) is 39.0 Å². The van der Waals surface area contributed by atoms with Gasteiger partial charge in [0.05, 0.1) is 19.3 Å². The summed E-state index contributed by atoms with van der Waals surface area (Å²) >= 11 is 0. The molecule has 1 aliphatic rings. The van der Waals surface area contributed by atoms with Crippen LogP contribution in [0.2, 0.25) is 0 Å². The maximum absolute atomic E-state index is 5.47. The van der Waals surface area contributed by atoms with Crippen LogP contribution in [0.4, 0.5) is 0 Å². The molecule has 1 N–H and O–H groups in total. The predicted molar refractivity (Wildman–Crippen MR) is 48.3 cm³/mol. The molecule has 72 valence electrons. The van der Waals surface area contributed by atoms with Gasteiger partial charge in [-0.1, -0.05) is 0 Å². The van der Waals surface area contributed by atoms with Gasteiger partial charge in [-0.25, -0.2) is 0 Å². The summed E-state index contributed by atoms with van der Waals surface area (Å²) in [7, 11) is 1.70. The summed E-state index contributed by atoms with van der Waals surface area (Å²) in [6, 6.07) is 0.784. The van der Waals surface area contributed by atoms with Crippen molar-refractivity contribution in [3.63, 3.8) is 0 Å². The minimum atomic E-state index is 0.219. The van der Waals surface area contributed by atoms with E-state index in [-0.39, 0.29) is 6.10 Å². The van der Waals surface area contributed by atoms with Crippen molar-refractivity contribution in [3.05, 3.63) is 0 Å². The smallest absolute Gasteiger partial charge is 0.0780 e. The molecule has 0 aliphatic heterocycles. The van der Waals surface area contributed by atoms with Crippen molar-refractivity contribution in [2.45, 2.75) is 31.9 Å². The van der Waals surface area contributed by atoms with E-state index in [1.165, 1.54) is 12.8 Å². The first-order valence-electron chi connectivity index (χ1n) is 4.67. The highest BCUT2D eigenvalue weighted by molar-refractivity contribution is 4.80. The lowest BCUT2D eigenvalue weighted by Gasteiger charge is -2.11. The van der Waals surface area contributed by atoms with Crippen LogP contribution < -0.4 is 5.32 Å². The molecule has 0 aromatic carbocycles. The quantitative estimate of drug-likeness (QED) is 0.577. The average molecular weight is 173 g/mol. The molecular formula is C9H19NO2. The van der Waals surface area contributed by atoms with Gasteiger partial charge < -0.3 is 14.8 Å². The monoisotopic (exact) mass is 173 g/mol. The van der Waals surface area contributed by atoms with Crippen molar-refractivity contribution >= 4 is 0 Å². The van der Waals surface area contributed by atoms with Gasteiger partial charge in [-0.05, 0) is 19.8 Å². The SMILES string of the molecule is COCC(C)OCCNC1CC1. The van der Waals surface area contributed by atoms with Gasteiger partial charge in [-0.3, -0.25) is 0 Å². The molecule has 3 heteroatoms. The Kier molecular flexibility index (Phi) is 4.58. The lowest BCUT2D eigenvalue weighted by Crippen LogP contribution is -2.25. The third kappa shape index (κ3) is 4.70. The van der Waals surface area contributed by atoms with Crippen molar-refractivity contribution in [1.29, 1.82) is 0 Å². The third-order valence-electron chi connectivity index (χ3n) is 1.92.